The van der Waals surface area contributed by atoms with Gasteiger partial charge in [0.1, 0.15) is 0 Å². The van der Waals surface area contributed by atoms with Gasteiger partial charge in [-0.05, 0) is 41.5 Å². The fourth-order valence-corrected chi connectivity index (χ4v) is 8.42. The van der Waals surface area contributed by atoms with Crippen LogP contribution in [0.2, 0.25) is 0 Å². The van der Waals surface area contributed by atoms with E-state index in [0.29, 0.717) is 0 Å². The number of hydrogen-bond acceptors (Lipinski definition) is 3. The van der Waals surface area contributed by atoms with Gasteiger partial charge in [-0.25, -0.2) is 9.97 Å². The molecule has 0 bridgehead atoms. The Bertz CT molecular complexity index is 2880. The number of rotatable bonds is 3. The molecule has 48 heavy (non-hydrogen) atoms. The number of aromatic nitrogens is 3. The minimum absolute atomic E-state index is 0.728. The smallest absolute Gasteiger partial charge is 0.161 e. The van der Waals surface area contributed by atoms with Crippen molar-refractivity contribution in [3.8, 4) is 33.8 Å². The molecule has 0 N–H and O–H groups in total. The summed E-state index contributed by atoms with van der Waals surface area (Å²) in [6, 6.07) is 58.3. The number of benzene rings is 7. The Morgan fingerprint density at radius 1 is 0.417 bits per heavy atom. The molecule has 0 aliphatic rings. The fraction of sp³-hybridized carbons (Fsp3) is 0. The predicted octanol–water partition coefficient (Wildman–Crippen LogP) is 12.1. The van der Waals surface area contributed by atoms with Crippen LogP contribution in [0.3, 0.4) is 0 Å². The van der Waals surface area contributed by atoms with Gasteiger partial charge in [-0.15, -0.1) is 11.3 Å². The van der Waals surface area contributed by atoms with Crippen LogP contribution in [0.25, 0.3) is 92.2 Å². The van der Waals surface area contributed by atoms with E-state index in [4.69, 9.17) is 9.97 Å². The number of hydrogen-bond donors (Lipinski definition) is 0. The molecule has 0 radical (unpaired) electrons. The maximum absolute atomic E-state index is 5.36. The molecule has 0 aliphatic carbocycles. The summed E-state index contributed by atoms with van der Waals surface area (Å²) in [5.41, 5.74) is 9.97. The SMILES string of the molecule is c1ccc(-c2ccc(-c3nc(-c4cccc5c4sc4ccccc4n4c6ccccc6c6cccc5c64)nc4ccccc34)cc2)cc1. The lowest BCUT2D eigenvalue weighted by Crippen LogP contribution is -1.96. The summed E-state index contributed by atoms with van der Waals surface area (Å²) in [7, 11) is 0. The van der Waals surface area contributed by atoms with Crippen molar-refractivity contribution in [1.82, 2.24) is 14.4 Å². The first-order valence-corrected chi connectivity index (χ1v) is 17.0. The van der Waals surface area contributed by atoms with Crippen molar-refractivity contribution in [2.75, 3.05) is 0 Å². The average Bonchev–Trinajstić information content (AvgIpc) is 3.49. The minimum atomic E-state index is 0.728. The lowest BCUT2D eigenvalue weighted by molar-refractivity contribution is 1.24. The highest BCUT2D eigenvalue weighted by atomic mass is 32.1. The van der Waals surface area contributed by atoms with Crippen molar-refractivity contribution in [2.45, 2.75) is 0 Å². The first-order valence-electron chi connectivity index (χ1n) is 16.2. The molecule has 10 aromatic rings. The molecular weight excluding hydrogens is 603 g/mol. The van der Waals surface area contributed by atoms with Crippen LogP contribution in [0.4, 0.5) is 0 Å². The van der Waals surface area contributed by atoms with Crippen LogP contribution in [-0.4, -0.2) is 14.4 Å². The number of fused-ring (bicyclic) bond motifs is 8. The summed E-state index contributed by atoms with van der Waals surface area (Å²) in [5, 5.41) is 5.95. The molecule has 0 fully saturated rings. The van der Waals surface area contributed by atoms with Gasteiger partial charge in [0.15, 0.2) is 5.82 Å². The Hall–Kier alpha value is -6.10. The van der Waals surface area contributed by atoms with Gasteiger partial charge < -0.3 is 4.40 Å². The molecule has 3 nitrogen and oxygen atoms in total. The predicted molar refractivity (Wildman–Crippen MR) is 204 cm³/mol. The highest BCUT2D eigenvalue weighted by Gasteiger charge is 2.18. The van der Waals surface area contributed by atoms with E-state index in [1.54, 1.807) is 11.3 Å². The minimum Gasteiger partial charge on any atom is -0.307 e. The van der Waals surface area contributed by atoms with Crippen molar-refractivity contribution in [3.63, 3.8) is 0 Å². The van der Waals surface area contributed by atoms with E-state index in [1.807, 2.05) is 0 Å². The molecule has 4 heteroatoms. The third-order valence-electron chi connectivity index (χ3n) is 9.43. The first-order chi connectivity index (χ1) is 23.8. The van der Waals surface area contributed by atoms with Gasteiger partial charge in [-0.2, -0.15) is 0 Å². The van der Waals surface area contributed by atoms with Gasteiger partial charge in [-0.3, -0.25) is 0 Å². The van der Waals surface area contributed by atoms with E-state index >= 15 is 0 Å². The molecule has 3 aromatic heterocycles. The number of nitrogens with zero attached hydrogens (tertiary/aromatic N) is 3. The Balaban J connectivity index is 1.29. The molecule has 224 valence electrons. The van der Waals surface area contributed by atoms with Crippen LogP contribution in [0.5, 0.6) is 0 Å². The largest absolute Gasteiger partial charge is 0.307 e. The molecule has 7 aromatic carbocycles. The Kier molecular flexibility index (Phi) is 6.05. The molecule has 3 heterocycles. The second kappa shape index (κ2) is 10.7. The second-order valence-corrected chi connectivity index (χ2v) is 13.2. The van der Waals surface area contributed by atoms with Crippen LogP contribution in [0, 0.1) is 0 Å². The van der Waals surface area contributed by atoms with Crippen LogP contribution >= 0.6 is 11.3 Å². The lowest BCUT2D eigenvalue weighted by atomic mass is 10.0. The van der Waals surface area contributed by atoms with Crippen molar-refractivity contribution in [2.24, 2.45) is 0 Å². The molecule has 10 rings (SSSR count). The summed E-state index contributed by atoms with van der Waals surface area (Å²) >= 11 is 1.80. The topological polar surface area (TPSA) is 30.2 Å². The van der Waals surface area contributed by atoms with Crippen molar-refractivity contribution < 1.29 is 0 Å². The van der Waals surface area contributed by atoms with Gasteiger partial charge >= 0.3 is 0 Å². The number of para-hydroxylation sites is 4. The molecule has 0 spiro atoms. The van der Waals surface area contributed by atoms with E-state index < -0.39 is 0 Å². The standard InChI is InChI=1S/C44H27N3S/c1-2-12-28(13-3-1)29-24-26-30(27-25-29)41-35-15-4-6-20-37(35)45-44(46-41)36-19-11-18-34-33-17-10-16-32-31-14-5-7-21-38(31)47(42(32)33)39-22-8-9-23-40(39)48-43(34)36/h1-27H. The Morgan fingerprint density at radius 2 is 1.02 bits per heavy atom. The summed E-state index contributed by atoms with van der Waals surface area (Å²) in [6.07, 6.45) is 0. The maximum Gasteiger partial charge on any atom is 0.161 e. The van der Waals surface area contributed by atoms with Gasteiger partial charge in [-0.1, -0.05) is 133 Å². The fourth-order valence-electron chi connectivity index (χ4n) is 7.23. The lowest BCUT2D eigenvalue weighted by Gasteiger charge is -2.12. The van der Waals surface area contributed by atoms with Crippen LogP contribution in [-0.2, 0) is 0 Å². The monoisotopic (exact) mass is 629 g/mol. The molecule has 0 saturated heterocycles. The van der Waals surface area contributed by atoms with E-state index in [-0.39, 0.29) is 0 Å². The Morgan fingerprint density at radius 3 is 1.88 bits per heavy atom. The van der Waals surface area contributed by atoms with Crippen molar-refractivity contribution in [1.29, 1.82) is 0 Å². The molecule has 0 atom stereocenters. The van der Waals surface area contributed by atoms with Crippen LogP contribution < -0.4 is 0 Å². The molecule has 0 saturated carbocycles. The second-order valence-electron chi connectivity index (χ2n) is 12.2. The molecule has 0 aliphatic heterocycles. The molecular formula is C44H27N3S. The maximum atomic E-state index is 5.36. The van der Waals surface area contributed by atoms with Crippen LogP contribution in [0.1, 0.15) is 0 Å². The molecule has 0 unspecified atom stereocenters. The van der Waals surface area contributed by atoms with Crippen molar-refractivity contribution >= 4 is 69.7 Å². The average molecular weight is 630 g/mol. The molecule has 0 amide bonds. The summed E-state index contributed by atoms with van der Waals surface area (Å²) < 4.78 is 4.80. The van der Waals surface area contributed by atoms with E-state index in [1.165, 1.54) is 53.9 Å². The van der Waals surface area contributed by atoms with E-state index in [9.17, 15) is 0 Å². The van der Waals surface area contributed by atoms with Crippen LogP contribution in [0.15, 0.2) is 164 Å². The highest BCUT2D eigenvalue weighted by Crippen LogP contribution is 2.41. The van der Waals surface area contributed by atoms with E-state index in [0.717, 1.165) is 38.2 Å². The zero-order valence-corrected chi connectivity index (χ0v) is 26.7. The zero-order chi connectivity index (χ0) is 31.6. The van der Waals surface area contributed by atoms with Gasteiger partial charge in [0, 0.05) is 42.8 Å². The Labute approximate surface area is 280 Å². The first kappa shape index (κ1) is 27.1. The normalized spacial score (nSPS) is 11.8. The third kappa shape index (κ3) is 4.13. The summed E-state index contributed by atoms with van der Waals surface area (Å²) in [6.45, 7) is 0. The third-order valence-corrected chi connectivity index (χ3v) is 10.6. The zero-order valence-electron chi connectivity index (χ0n) is 25.8. The summed E-state index contributed by atoms with van der Waals surface area (Å²) in [4.78, 5) is 10.6. The van der Waals surface area contributed by atoms with Gasteiger partial charge in [0.2, 0.25) is 0 Å². The van der Waals surface area contributed by atoms with Gasteiger partial charge in [0.05, 0.1) is 32.5 Å². The van der Waals surface area contributed by atoms with Gasteiger partial charge in [0.25, 0.3) is 0 Å². The van der Waals surface area contributed by atoms with E-state index in [2.05, 4.69) is 168 Å². The van der Waals surface area contributed by atoms with Crippen molar-refractivity contribution in [3.05, 3.63) is 164 Å². The highest BCUT2D eigenvalue weighted by molar-refractivity contribution is 7.24. The quantitative estimate of drug-likeness (QED) is 0.195. The summed E-state index contributed by atoms with van der Waals surface area (Å²) in [5.74, 6) is 0.728.